The first-order valence-electron chi connectivity index (χ1n) is 29.7. The van der Waals surface area contributed by atoms with Gasteiger partial charge in [-0.1, -0.05) is 225 Å². The highest BCUT2D eigenvalue weighted by atomic mass is 16.7. The summed E-state index contributed by atoms with van der Waals surface area (Å²) in [5.74, 6) is -2.31. The standard InChI is InChI=1S/C66H109NO8/c1-6-8-10-12-14-16-18-20-22-24-26-28-30-31-32-33-35-37-39-41-43-45-47-49-51-53-55-57-64(69)75-62(61-74-66(65(70)71)72-59-58-67(3,4)5)60-73-63(68)56-54-52-50-48-46-44-42-40-38-36-34-29-27-25-23-21-19-17-15-13-11-9-7-2/h8-11,14-17,20-23,26-29,31-32,35,37,62,66H,6-7,12-13,18-19,24-25,30,33-34,36,38-61H2,1-5H3/b10-8-,11-9-,16-14-,17-15-,22-20-,23-21-,28-26-,29-27-,32-31-,37-35-. The predicted octanol–water partition coefficient (Wildman–Crippen LogP) is 16.3. The van der Waals surface area contributed by atoms with Crippen molar-refractivity contribution in [1.29, 1.82) is 0 Å². The minimum absolute atomic E-state index is 0.139. The van der Waals surface area contributed by atoms with Crippen molar-refractivity contribution in [1.82, 2.24) is 0 Å². The average molecular weight is 1040 g/mol. The Morgan fingerprint density at radius 1 is 0.400 bits per heavy atom. The molecule has 0 bridgehead atoms. The number of hydrogen-bond acceptors (Lipinski definition) is 8. The van der Waals surface area contributed by atoms with Gasteiger partial charge in [0, 0.05) is 12.8 Å². The van der Waals surface area contributed by atoms with Crippen molar-refractivity contribution < 1.29 is 42.9 Å². The smallest absolute Gasteiger partial charge is 0.306 e. The first-order valence-corrected chi connectivity index (χ1v) is 29.7. The van der Waals surface area contributed by atoms with Crippen LogP contribution in [0.25, 0.3) is 0 Å². The molecule has 0 saturated heterocycles. The van der Waals surface area contributed by atoms with Gasteiger partial charge in [0.2, 0.25) is 0 Å². The van der Waals surface area contributed by atoms with Gasteiger partial charge in [-0.05, 0) is 103 Å². The van der Waals surface area contributed by atoms with E-state index in [1.54, 1.807) is 0 Å². The normalized spacial score (nSPS) is 13.7. The summed E-state index contributed by atoms with van der Waals surface area (Å²) < 4.78 is 22.7. The first kappa shape index (κ1) is 70.7. The largest absolute Gasteiger partial charge is 0.545 e. The quantitative estimate of drug-likeness (QED) is 0.0195. The van der Waals surface area contributed by atoms with Crippen LogP contribution in [0.5, 0.6) is 0 Å². The van der Waals surface area contributed by atoms with Crippen LogP contribution in [0.2, 0.25) is 0 Å². The van der Waals surface area contributed by atoms with Gasteiger partial charge >= 0.3 is 11.9 Å². The number of carbonyl (C=O) groups excluding carboxylic acids is 3. The van der Waals surface area contributed by atoms with Gasteiger partial charge in [0.05, 0.1) is 40.3 Å². The van der Waals surface area contributed by atoms with E-state index in [0.29, 0.717) is 17.4 Å². The van der Waals surface area contributed by atoms with E-state index < -0.39 is 24.3 Å². The number of hydrogen-bond donors (Lipinski definition) is 0. The second-order valence-corrected chi connectivity index (χ2v) is 20.5. The lowest BCUT2D eigenvalue weighted by Crippen LogP contribution is -2.44. The topological polar surface area (TPSA) is 111 Å². The summed E-state index contributed by atoms with van der Waals surface area (Å²) in [6.07, 6.45) is 75.2. The molecule has 0 saturated carbocycles. The maximum atomic E-state index is 12.9. The molecule has 0 fully saturated rings. The van der Waals surface area contributed by atoms with Crippen LogP contribution < -0.4 is 5.11 Å². The molecule has 0 aromatic heterocycles. The summed E-state index contributed by atoms with van der Waals surface area (Å²) in [4.78, 5) is 37.3. The number of allylic oxidation sites excluding steroid dienone is 20. The van der Waals surface area contributed by atoms with Gasteiger partial charge < -0.3 is 33.3 Å². The number of ether oxygens (including phenoxy) is 4. The second-order valence-electron chi connectivity index (χ2n) is 20.5. The summed E-state index contributed by atoms with van der Waals surface area (Å²) in [5.41, 5.74) is 0. The maximum absolute atomic E-state index is 12.9. The number of carbonyl (C=O) groups is 3. The zero-order valence-corrected chi connectivity index (χ0v) is 48.4. The van der Waals surface area contributed by atoms with Crippen LogP contribution in [0.15, 0.2) is 122 Å². The number of nitrogens with zero attached hydrogens (tertiary/aromatic N) is 1. The van der Waals surface area contributed by atoms with E-state index >= 15 is 0 Å². The average Bonchev–Trinajstić information content (AvgIpc) is 3.38. The summed E-state index contributed by atoms with van der Waals surface area (Å²) in [5, 5.41) is 11.8. The van der Waals surface area contributed by atoms with Crippen molar-refractivity contribution >= 4 is 17.9 Å². The Balaban J connectivity index is 4.29. The number of aliphatic carboxylic acids is 1. The second kappa shape index (κ2) is 55.9. The van der Waals surface area contributed by atoms with Crippen LogP contribution in [-0.4, -0.2) is 82.3 Å². The number of quaternary nitrogens is 1. The van der Waals surface area contributed by atoms with Gasteiger partial charge in [-0.2, -0.15) is 0 Å². The van der Waals surface area contributed by atoms with Crippen molar-refractivity contribution in [2.24, 2.45) is 0 Å². The van der Waals surface area contributed by atoms with Crippen LogP contribution >= 0.6 is 0 Å². The fourth-order valence-electron chi connectivity index (χ4n) is 7.71. The third kappa shape index (κ3) is 57.2. The molecule has 9 heteroatoms. The van der Waals surface area contributed by atoms with E-state index in [9.17, 15) is 19.5 Å². The highest BCUT2D eigenvalue weighted by molar-refractivity contribution is 5.70. The van der Waals surface area contributed by atoms with Crippen LogP contribution in [0, 0.1) is 0 Å². The van der Waals surface area contributed by atoms with Crippen molar-refractivity contribution in [2.45, 2.75) is 232 Å². The molecule has 0 spiro atoms. The zero-order valence-electron chi connectivity index (χ0n) is 48.4. The molecular formula is C66H109NO8. The third-order valence-electron chi connectivity index (χ3n) is 12.2. The molecule has 0 radical (unpaired) electrons. The van der Waals surface area contributed by atoms with E-state index in [2.05, 4.69) is 135 Å². The van der Waals surface area contributed by atoms with E-state index in [1.165, 1.54) is 64.2 Å². The molecule has 0 aromatic carbocycles. The lowest BCUT2D eigenvalue weighted by Gasteiger charge is -2.26. The maximum Gasteiger partial charge on any atom is 0.306 e. The van der Waals surface area contributed by atoms with E-state index in [1.807, 2.05) is 21.1 Å². The summed E-state index contributed by atoms with van der Waals surface area (Å²) in [6, 6.07) is 0. The Morgan fingerprint density at radius 2 is 0.720 bits per heavy atom. The minimum atomic E-state index is -1.63. The SMILES string of the molecule is CC/C=C\C/C=C\C/C=C\C/C=C\C/C=C\C/C=C\CCCCCCCCCCC(=O)OC(COC(=O)CCCCCCCCCCCC/C=C\C/C=C\C/C=C\C/C=C\CC)COC(OCC[N+](C)(C)C)C(=O)[O-]. The fourth-order valence-corrected chi connectivity index (χ4v) is 7.71. The Morgan fingerprint density at radius 3 is 1.07 bits per heavy atom. The number of esters is 2. The molecular weight excluding hydrogens is 935 g/mol. The highest BCUT2D eigenvalue weighted by Gasteiger charge is 2.22. The molecule has 0 aliphatic heterocycles. The molecule has 9 nitrogen and oxygen atoms in total. The van der Waals surface area contributed by atoms with Crippen molar-refractivity contribution in [2.75, 3.05) is 47.5 Å². The molecule has 426 valence electrons. The van der Waals surface area contributed by atoms with Gasteiger partial charge in [0.1, 0.15) is 13.2 Å². The molecule has 0 aromatic rings. The monoisotopic (exact) mass is 1040 g/mol. The molecule has 0 aliphatic rings. The van der Waals surface area contributed by atoms with Crippen molar-refractivity contribution in [3.05, 3.63) is 122 Å². The van der Waals surface area contributed by atoms with Gasteiger partial charge in [-0.25, -0.2) is 0 Å². The lowest BCUT2D eigenvalue weighted by molar-refractivity contribution is -0.870. The van der Waals surface area contributed by atoms with E-state index in [0.717, 1.165) is 122 Å². The van der Waals surface area contributed by atoms with Crippen LogP contribution in [0.1, 0.15) is 219 Å². The van der Waals surface area contributed by atoms with Crippen molar-refractivity contribution in [3.8, 4) is 0 Å². The molecule has 0 heterocycles. The van der Waals surface area contributed by atoms with Gasteiger partial charge in [-0.15, -0.1) is 0 Å². The molecule has 0 rings (SSSR count). The fraction of sp³-hybridized carbons (Fsp3) is 0.652. The van der Waals surface area contributed by atoms with E-state index in [4.69, 9.17) is 18.9 Å². The van der Waals surface area contributed by atoms with E-state index in [-0.39, 0.29) is 38.6 Å². The molecule has 2 unspecified atom stereocenters. The Kier molecular flexibility index (Phi) is 52.7. The minimum Gasteiger partial charge on any atom is -0.545 e. The number of carboxylic acids is 1. The van der Waals surface area contributed by atoms with Gasteiger partial charge in [0.25, 0.3) is 0 Å². The predicted molar refractivity (Wildman–Crippen MR) is 315 cm³/mol. The van der Waals surface area contributed by atoms with Crippen LogP contribution in [-0.2, 0) is 33.3 Å². The lowest BCUT2D eigenvalue weighted by atomic mass is 10.1. The summed E-state index contributed by atoms with van der Waals surface area (Å²) >= 11 is 0. The van der Waals surface area contributed by atoms with Gasteiger partial charge in [0.15, 0.2) is 12.4 Å². The van der Waals surface area contributed by atoms with Gasteiger partial charge in [-0.3, -0.25) is 9.59 Å². The molecule has 75 heavy (non-hydrogen) atoms. The Hall–Kier alpha value is -4.31. The number of unbranched alkanes of at least 4 members (excludes halogenated alkanes) is 18. The number of rotatable bonds is 53. The molecule has 2 atom stereocenters. The van der Waals surface area contributed by atoms with Crippen LogP contribution in [0.3, 0.4) is 0 Å². The molecule has 0 amide bonds. The molecule has 0 aliphatic carbocycles. The zero-order chi connectivity index (χ0) is 54.8. The third-order valence-corrected chi connectivity index (χ3v) is 12.2. The Bertz CT molecular complexity index is 1640. The van der Waals surface area contributed by atoms with Crippen LogP contribution in [0.4, 0.5) is 0 Å². The number of carboxylic acid groups (broad SMARTS) is 1. The summed E-state index contributed by atoms with van der Waals surface area (Å²) in [6.45, 7) is 4.50. The summed E-state index contributed by atoms with van der Waals surface area (Å²) in [7, 11) is 5.91. The highest BCUT2D eigenvalue weighted by Crippen LogP contribution is 2.15. The van der Waals surface area contributed by atoms with Crippen molar-refractivity contribution in [3.63, 3.8) is 0 Å². The molecule has 0 N–H and O–H groups in total. The first-order chi connectivity index (χ1) is 36.6. The Labute approximate surface area is 459 Å². The number of likely N-dealkylation sites (N-methyl/N-ethyl adjacent to an activating group) is 1.